The maximum absolute atomic E-state index is 5.89. The molecule has 0 unspecified atom stereocenters. The average Bonchev–Trinajstić information content (AvgIpc) is 2.99. The standard InChI is InChI=1S/C19H19ClN4OS/c1-13(2)15-5-9-17(10-6-15)25-12-18-22-23-19(26)24(18)21-11-14-3-7-16(20)8-4-14/h3-11,13H,12H2,1-2H3,(H,23,26)/b21-11-. The van der Waals surface area contributed by atoms with E-state index in [-0.39, 0.29) is 6.61 Å². The fraction of sp³-hybridized carbons (Fsp3) is 0.211. The SMILES string of the molecule is CC(C)c1ccc(OCc2n[nH]c(=S)n2/N=C\c2ccc(Cl)cc2)cc1. The highest BCUT2D eigenvalue weighted by molar-refractivity contribution is 7.71. The Morgan fingerprint density at radius 3 is 2.54 bits per heavy atom. The first-order valence-corrected chi connectivity index (χ1v) is 9.00. The van der Waals surface area contributed by atoms with Crippen molar-refractivity contribution < 1.29 is 4.74 Å². The number of aromatic nitrogens is 3. The predicted octanol–water partition coefficient (Wildman–Crippen LogP) is 5.18. The van der Waals surface area contributed by atoms with Crippen molar-refractivity contribution in [1.82, 2.24) is 14.9 Å². The number of hydrogen-bond donors (Lipinski definition) is 1. The Bertz CT molecular complexity index is 943. The van der Waals surface area contributed by atoms with Crippen LogP contribution in [-0.2, 0) is 6.61 Å². The number of aromatic amines is 1. The molecule has 0 saturated carbocycles. The van der Waals surface area contributed by atoms with Crippen molar-refractivity contribution in [2.24, 2.45) is 5.10 Å². The third kappa shape index (κ3) is 4.59. The van der Waals surface area contributed by atoms with Crippen molar-refractivity contribution in [3.05, 3.63) is 75.3 Å². The summed E-state index contributed by atoms with van der Waals surface area (Å²) in [6.45, 7) is 4.57. The maximum atomic E-state index is 5.89. The first-order chi connectivity index (χ1) is 12.5. The fourth-order valence-electron chi connectivity index (χ4n) is 2.31. The van der Waals surface area contributed by atoms with E-state index in [0.717, 1.165) is 11.3 Å². The minimum absolute atomic E-state index is 0.256. The third-order valence-electron chi connectivity index (χ3n) is 3.82. The molecule has 0 saturated heterocycles. The molecule has 0 aliphatic rings. The fourth-order valence-corrected chi connectivity index (χ4v) is 2.63. The minimum Gasteiger partial charge on any atom is -0.486 e. The van der Waals surface area contributed by atoms with E-state index in [0.29, 0.717) is 21.5 Å². The van der Waals surface area contributed by atoms with Crippen molar-refractivity contribution in [3.8, 4) is 5.75 Å². The summed E-state index contributed by atoms with van der Waals surface area (Å²) in [5.74, 6) is 1.85. The number of nitrogens with one attached hydrogen (secondary N) is 1. The van der Waals surface area contributed by atoms with Crippen molar-refractivity contribution in [2.75, 3.05) is 0 Å². The number of halogens is 1. The lowest BCUT2D eigenvalue weighted by Crippen LogP contribution is -2.04. The van der Waals surface area contributed by atoms with Crippen LogP contribution in [0.3, 0.4) is 0 Å². The first kappa shape index (κ1) is 18.4. The van der Waals surface area contributed by atoms with Gasteiger partial charge in [0, 0.05) is 5.02 Å². The van der Waals surface area contributed by atoms with Crippen LogP contribution in [-0.4, -0.2) is 21.1 Å². The summed E-state index contributed by atoms with van der Waals surface area (Å²) >= 11 is 11.1. The molecule has 0 spiro atoms. The van der Waals surface area contributed by atoms with Gasteiger partial charge in [0.15, 0.2) is 5.82 Å². The van der Waals surface area contributed by atoms with Gasteiger partial charge in [-0.3, -0.25) is 0 Å². The van der Waals surface area contributed by atoms with Gasteiger partial charge in [0.1, 0.15) is 12.4 Å². The molecule has 3 aromatic rings. The second kappa shape index (κ2) is 8.29. The molecule has 26 heavy (non-hydrogen) atoms. The Kier molecular flexibility index (Phi) is 5.85. The molecule has 3 rings (SSSR count). The van der Waals surface area contributed by atoms with Gasteiger partial charge in [-0.25, -0.2) is 5.10 Å². The van der Waals surface area contributed by atoms with Crippen LogP contribution in [0, 0.1) is 4.77 Å². The summed E-state index contributed by atoms with van der Waals surface area (Å²) in [4.78, 5) is 0. The lowest BCUT2D eigenvalue weighted by atomic mass is 10.0. The zero-order chi connectivity index (χ0) is 18.5. The summed E-state index contributed by atoms with van der Waals surface area (Å²) in [7, 11) is 0. The van der Waals surface area contributed by atoms with Crippen molar-refractivity contribution in [1.29, 1.82) is 0 Å². The van der Waals surface area contributed by atoms with Crippen LogP contribution in [0.15, 0.2) is 53.6 Å². The van der Waals surface area contributed by atoms with Gasteiger partial charge >= 0.3 is 0 Å². The summed E-state index contributed by atoms with van der Waals surface area (Å²) in [6.07, 6.45) is 1.70. The zero-order valence-corrected chi connectivity index (χ0v) is 16.1. The topological polar surface area (TPSA) is 55.2 Å². The van der Waals surface area contributed by atoms with Crippen LogP contribution < -0.4 is 4.74 Å². The molecule has 0 radical (unpaired) electrons. The highest BCUT2D eigenvalue weighted by Gasteiger charge is 2.07. The maximum Gasteiger partial charge on any atom is 0.216 e. The molecule has 0 aliphatic carbocycles. The molecule has 5 nitrogen and oxygen atoms in total. The Labute approximate surface area is 162 Å². The van der Waals surface area contributed by atoms with E-state index >= 15 is 0 Å². The molecule has 1 N–H and O–H groups in total. The molecule has 1 heterocycles. The van der Waals surface area contributed by atoms with Crippen LogP contribution in [0.25, 0.3) is 0 Å². The van der Waals surface area contributed by atoms with Gasteiger partial charge in [0.05, 0.1) is 6.21 Å². The van der Waals surface area contributed by atoms with Crippen molar-refractivity contribution >= 4 is 30.0 Å². The van der Waals surface area contributed by atoms with Crippen LogP contribution in [0.4, 0.5) is 0 Å². The van der Waals surface area contributed by atoms with Crippen molar-refractivity contribution in [3.63, 3.8) is 0 Å². The Morgan fingerprint density at radius 1 is 1.19 bits per heavy atom. The quantitative estimate of drug-likeness (QED) is 0.469. The van der Waals surface area contributed by atoms with E-state index in [1.807, 2.05) is 36.4 Å². The lowest BCUT2D eigenvalue weighted by Gasteiger charge is -2.08. The lowest BCUT2D eigenvalue weighted by molar-refractivity contribution is 0.290. The van der Waals surface area contributed by atoms with Crippen LogP contribution in [0.1, 0.15) is 36.7 Å². The van der Waals surface area contributed by atoms with Crippen LogP contribution >= 0.6 is 23.8 Å². The number of rotatable bonds is 6. The summed E-state index contributed by atoms with van der Waals surface area (Å²) in [5.41, 5.74) is 2.18. The predicted molar refractivity (Wildman–Crippen MR) is 107 cm³/mol. The molecule has 1 aromatic heterocycles. The molecule has 0 amide bonds. The number of ether oxygens (including phenoxy) is 1. The molecule has 0 bridgehead atoms. The molecular weight excluding hydrogens is 368 g/mol. The molecular formula is C19H19ClN4OS. The number of nitrogens with zero attached hydrogens (tertiary/aromatic N) is 3. The smallest absolute Gasteiger partial charge is 0.216 e. The van der Waals surface area contributed by atoms with Gasteiger partial charge in [0.2, 0.25) is 4.77 Å². The van der Waals surface area contributed by atoms with Gasteiger partial charge in [-0.05, 0) is 53.5 Å². The van der Waals surface area contributed by atoms with Crippen LogP contribution in [0.5, 0.6) is 5.75 Å². The molecule has 2 aromatic carbocycles. The van der Waals surface area contributed by atoms with Gasteiger partial charge in [0.25, 0.3) is 0 Å². The minimum atomic E-state index is 0.256. The van der Waals surface area contributed by atoms with E-state index in [1.165, 1.54) is 5.56 Å². The van der Waals surface area contributed by atoms with Gasteiger partial charge in [-0.2, -0.15) is 14.9 Å². The Hall–Kier alpha value is -2.44. The molecule has 7 heteroatoms. The molecule has 0 atom stereocenters. The highest BCUT2D eigenvalue weighted by Crippen LogP contribution is 2.19. The second-order valence-corrected chi connectivity index (χ2v) is 6.89. The van der Waals surface area contributed by atoms with Gasteiger partial charge in [-0.15, -0.1) is 0 Å². The molecule has 0 fully saturated rings. The Morgan fingerprint density at radius 2 is 1.88 bits per heavy atom. The van der Waals surface area contributed by atoms with E-state index in [1.54, 1.807) is 10.9 Å². The summed E-state index contributed by atoms with van der Waals surface area (Å²) in [5, 5.41) is 12.0. The van der Waals surface area contributed by atoms with Gasteiger partial charge < -0.3 is 4.74 Å². The van der Waals surface area contributed by atoms with Crippen LogP contribution in [0.2, 0.25) is 5.02 Å². The summed E-state index contributed by atoms with van der Waals surface area (Å²) in [6, 6.07) is 15.4. The number of H-pyrrole nitrogens is 1. The average molecular weight is 387 g/mol. The van der Waals surface area contributed by atoms with Crippen molar-refractivity contribution in [2.45, 2.75) is 26.4 Å². The molecule has 134 valence electrons. The number of hydrogen-bond acceptors (Lipinski definition) is 4. The van der Waals surface area contributed by atoms with E-state index in [4.69, 9.17) is 28.6 Å². The summed E-state index contributed by atoms with van der Waals surface area (Å²) < 4.78 is 7.76. The molecule has 0 aliphatic heterocycles. The highest BCUT2D eigenvalue weighted by atomic mass is 35.5. The number of benzene rings is 2. The van der Waals surface area contributed by atoms with E-state index < -0.39 is 0 Å². The monoisotopic (exact) mass is 386 g/mol. The first-order valence-electron chi connectivity index (χ1n) is 8.22. The third-order valence-corrected chi connectivity index (χ3v) is 4.34. The second-order valence-electron chi connectivity index (χ2n) is 6.07. The Balaban J connectivity index is 1.71. The zero-order valence-electron chi connectivity index (χ0n) is 14.5. The normalized spacial score (nSPS) is 11.4. The van der Waals surface area contributed by atoms with E-state index in [2.05, 4.69) is 41.3 Å². The van der Waals surface area contributed by atoms with E-state index in [9.17, 15) is 0 Å². The largest absolute Gasteiger partial charge is 0.486 e. The van der Waals surface area contributed by atoms with Gasteiger partial charge in [-0.1, -0.05) is 49.7 Å².